The first kappa shape index (κ1) is 18.5. The van der Waals surface area contributed by atoms with Crippen LogP contribution >= 0.6 is 0 Å². The molecule has 1 N–H and O–H groups in total. The Kier molecular flexibility index (Phi) is 4.79. The lowest BCUT2D eigenvalue weighted by molar-refractivity contribution is 0.419. The van der Waals surface area contributed by atoms with E-state index < -0.39 is 0 Å². The molecule has 2 aliphatic heterocycles. The van der Waals surface area contributed by atoms with Crippen molar-refractivity contribution in [1.82, 2.24) is 25.0 Å². The first-order chi connectivity index (χ1) is 13.5. The highest BCUT2D eigenvalue weighted by Crippen LogP contribution is 2.29. The molecule has 28 heavy (non-hydrogen) atoms. The molecule has 0 radical (unpaired) electrons. The maximum absolute atomic E-state index is 4.91. The second-order valence-corrected chi connectivity index (χ2v) is 7.61. The Morgan fingerprint density at radius 1 is 1.21 bits per heavy atom. The molecule has 2 unspecified atom stereocenters. The number of aromatic nitrogens is 3. The second-order valence-electron chi connectivity index (χ2n) is 7.61. The molecule has 0 aliphatic carbocycles. The van der Waals surface area contributed by atoms with Gasteiger partial charge in [-0.2, -0.15) is 5.10 Å². The Morgan fingerprint density at radius 3 is 2.75 bits per heavy atom. The summed E-state index contributed by atoms with van der Waals surface area (Å²) in [7, 11) is 1.92. The predicted octanol–water partition coefficient (Wildman–Crippen LogP) is 3.21. The van der Waals surface area contributed by atoms with Crippen molar-refractivity contribution >= 4 is 11.4 Å². The molecule has 2 aliphatic rings. The van der Waals surface area contributed by atoms with Crippen LogP contribution < -0.4 is 5.32 Å². The van der Waals surface area contributed by atoms with Crippen LogP contribution in [0.5, 0.6) is 0 Å². The van der Waals surface area contributed by atoms with E-state index in [9.17, 15) is 0 Å². The number of hydrogen-bond acceptors (Lipinski definition) is 5. The Morgan fingerprint density at radius 2 is 2.04 bits per heavy atom. The van der Waals surface area contributed by atoms with Crippen LogP contribution in [0.2, 0.25) is 0 Å². The summed E-state index contributed by atoms with van der Waals surface area (Å²) in [5.41, 5.74) is 6.16. The monoisotopic (exact) mass is 376 g/mol. The van der Waals surface area contributed by atoms with Crippen LogP contribution in [0.25, 0.3) is 5.57 Å². The minimum Gasteiger partial charge on any atom is -0.378 e. The number of allylic oxidation sites excluding steroid dienone is 2. The van der Waals surface area contributed by atoms with E-state index in [1.54, 1.807) is 6.33 Å². The van der Waals surface area contributed by atoms with E-state index >= 15 is 0 Å². The lowest BCUT2D eigenvalue weighted by Crippen LogP contribution is -2.38. The molecular weight excluding hydrogens is 348 g/mol. The number of aryl methyl sites for hydroxylation is 3. The molecule has 0 amide bonds. The zero-order valence-electron chi connectivity index (χ0n) is 17.3. The fourth-order valence-electron chi connectivity index (χ4n) is 3.93. The van der Waals surface area contributed by atoms with Gasteiger partial charge in [-0.3, -0.25) is 4.99 Å². The van der Waals surface area contributed by atoms with Gasteiger partial charge in [0.15, 0.2) is 11.7 Å². The summed E-state index contributed by atoms with van der Waals surface area (Å²) >= 11 is 0. The average molecular weight is 377 g/mol. The lowest BCUT2D eigenvalue weighted by Gasteiger charge is -2.29. The van der Waals surface area contributed by atoms with E-state index in [0.717, 1.165) is 35.9 Å². The van der Waals surface area contributed by atoms with Crippen molar-refractivity contribution in [2.24, 2.45) is 12.0 Å². The maximum Gasteiger partial charge on any atom is 0.159 e. The first-order valence-corrected chi connectivity index (χ1v) is 9.95. The number of amidine groups is 1. The zero-order chi connectivity index (χ0) is 19.8. The van der Waals surface area contributed by atoms with Gasteiger partial charge >= 0.3 is 0 Å². The van der Waals surface area contributed by atoms with Crippen molar-refractivity contribution in [2.75, 3.05) is 0 Å². The van der Waals surface area contributed by atoms with Crippen molar-refractivity contribution < 1.29 is 0 Å². The summed E-state index contributed by atoms with van der Waals surface area (Å²) in [6.07, 6.45) is 6.92. The van der Waals surface area contributed by atoms with Crippen molar-refractivity contribution in [2.45, 2.75) is 52.7 Å². The van der Waals surface area contributed by atoms with Crippen molar-refractivity contribution in [3.63, 3.8) is 0 Å². The van der Waals surface area contributed by atoms with E-state index in [1.165, 1.54) is 16.7 Å². The molecular formula is C22H28N6. The van der Waals surface area contributed by atoms with E-state index in [0.29, 0.717) is 6.04 Å². The van der Waals surface area contributed by atoms with E-state index in [2.05, 4.69) is 78.5 Å². The molecule has 2 aromatic rings. The molecule has 1 aromatic carbocycles. The van der Waals surface area contributed by atoms with Crippen LogP contribution in [-0.4, -0.2) is 37.6 Å². The SMILES string of the molecule is CCc1cccc(C)c1CNC1=CC(c2ncnn2C)=CN2C1=NC(C)C2C. The van der Waals surface area contributed by atoms with Gasteiger partial charge in [-0.15, -0.1) is 0 Å². The van der Waals surface area contributed by atoms with Gasteiger partial charge in [0, 0.05) is 25.4 Å². The Labute approximate surface area is 166 Å². The van der Waals surface area contributed by atoms with Crippen LogP contribution in [0.4, 0.5) is 0 Å². The van der Waals surface area contributed by atoms with Crippen LogP contribution in [0.15, 0.2) is 47.5 Å². The van der Waals surface area contributed by atoms with Crippen LogP contribution in [-0.2, 0) is 20.0 Å². The normalized spacial score (nSPS) is 21.2. The van der Waals surface area contributed by atoms with Crippen molar-refractivity contribution in [3.8, 4) is 0 Å². The molecule has 1 aromatic heterocycles. The van der Waals surface area contributed by atoms with E-state index in [1.807, 2.05) is 11.7 Å². The van der Waals surface area contributed by atoms with Gasteiger partial charge in [0.1, 0.15) is 6.33 Å². The topological polar surface area (TPSA) is 58.3 Å². The number of benzene rings is 1. The summed E-state index contributed by atoms with van der Waals surface area (Å²) in [5, 5.41) is 7.90. The summed E-state index contributed by atoms with van der Waals surface area (Å²) in [5.74, 6) is 1.87. The fourth-order valence-corrected chi connectivity index (χ4v) is 3.93. The summed E-state index contributed by atoms with van der Waals surface area (Å²) in [6, 6.07) is 7.10. The summed E-state index contributed by atoms with van der Waals surface area (Å²) in [6.45, 7) is 9.55. The largest absolute Gasteiger partial charge is 0.378 e. The number of rotatable bonds is 5. The maximum atomic E-state index is 4.91. The van der Waals surface area contributed by atoms with Gasteiger partial charge in [-0.05, 0) is 50.0 Å². The van der Waals surface area contributed by atoms with Gasteiger partial charge in [-0.25, -0.2) is 9.67 Å². The molecule has 0 bridgehead atoms. The Bertz CT molecular complexity index is 981. The third kappa shape index (κ3) is 3.13. The highest BCUT2D eigenvalue weighted by Gasteiger charge is 2.34. The molecule has 4 rings (SSSR count). The Hall–Kier alpha value is -2.89. The molecule has 146 valence electrons. The number of aliphatic imine (C=N–C) groups is 1. The minimum absolute atomic E-state index is 0.250. The lowest BCUT2D eigenvalue weighted by atomic mass is 10.00. The van der Waals surface area contributed by atoms with Gasteiger partial charge in [0.25, 0.3) is 0 Å². The molecule has 6 heteroatoms. The molecule has 0 spiro atoms. The number of hydrogen-bond donors (Lipinski definition) is 1. The third-order valence-electron chi connectivity index (χ3n) is 5.84. The van der Waals surface area contributed by atoms with E-state index in [4.69, 9.17) is 4.99 Å². The molecule has 3 heterocycles. The number of nitrogens with one attached hydrogen (secondary N) is 1. The molecule has 0 fully saturated rings. The molecule has 0 saturated carbocycles. The van der Waals surface area contributed by atoms with Gasteiger partial charge in [-0.1, -0.05) is 25.1 Å². The smallest absolute Gasteiger partial charge is 0.159 e. The van der Waals surface area contributed by atoms with Crippen LogP contribution in [0.1, 0.15) is 43.3 Å². The Balaban J connectivity index is 1.68. The average Bonchev–Trinajstić information content (AvgIpc) is 3.24. The molecule has 6 nitrogen and oxygen atoms in total. The summed E-state index contributed by atoms with van der Waals surface area (Å²) < 4.78 is 1.81. The van der Waals surface area contributed by atoms with Gasteiger partial charge in [0.05, 0.1) is 17.8 Å². The quantitative estimate of drug-likeness (QED) is 0.871. The molecule has 2 atom stereocenters. The zero-order valence-corrected chi connectivity index (χ0v) is 17.3. The third-order valence-corrected chi connectivity index (χ3v) is 5.84. The van der Waals surface area contributed by atoms with Crippen LogP contribution in [0, 0.1) is 6.92 Å². The summed E-state index contributed by atoms with van der Waals surface area (Å²) in [4.78, 5) is 11.6. The highest BCUT2D eigenvalue weighted by molar-refractivity contribution is 6.04. The fraction of sp³-hybridized carbons (Fsp3) is 0.409. The predicted molar refractivity (Wildman–Crippen MR) is 113 cm³/mol. The number of nitrogens with zero attached hydrogens (tertiary/aromatic N) is 5. The van der Waals surface area contributed by atoms with Gasteiger partial charge < -0.3 is 10.2 Å². The molecule has 0 saturated heterocycles. The van der Waals surface area contributed by atoms with Gasteiger partial charge in [0.2, 0.25) is 0 Å². The van der Waals surface area contributed by atoms with Crippen molar-refractivity contribution in [3.05, 3.63) is 65.0 Å². The van der Waals surface area contributed by atoms with Crippen molar-refractivity contribution in [1.29, 1.82) is 0 Å². The minimum atomic E-state index is 0.250. The second kappa shape index (κ2) is 7.26. The standard InChI is InChI=1S/C22H28N6/c1-6-17-9-7-8-14(2)19(17)11-23-20-10-18(21-24-13-25-27(21)5)12-28-16(4)15(3)26-22(20)28/h7-10,12-13,15-16,23H,6,11H2,1-5H3. The first-order valence-electron chi connectivity index (χ1n) is 9.95. The highest BCUT2D eigenvalue weighted by atomic mass is 15.3. The number of fused-ring (bicyclic) bond motifs is 1. The van der Waals surface area contributed by atoms with E-state index in [-0.39, 0.29) is 6.04 Å². The van der Waals surface area contributed by atoms with Crippen LogP contribution in [0.3, 0.4) is 0 Å².